The van der Waals surface area contributed by atoms with Gasteiger partial charge in [-0.05, 0) is 18.6 Å². The van der Waals surface area contributed by atoms with Crippen LogP contribution in [-0.4, -0.2) is 35.1 Å². The second-order valence-electron chi connectivity index (χ2n) is 5.53. The second kappa shape index (κ2) is 4.57. The number of aliphatic hydroxyl groups is 1. The molecule has 18 heavy (non-hydrogen) atoms. The highest BCUT2D eigenvalue weighted by Gasteiger charge is 2.35. The number of nitrogens with zero attached hydrogens (tertiary/aromatic N) is 2. The third-order valence-electron chi connectivity index (χ3n) is 3.55. The molecule has 1 aliphatic heterocycles. The molecule has 98 valence electrons. The number of amidine groups is 1. The first-order valence-electron chi connectivity index (χ1n) is 6.13. The van der Waals surface area contributed by atoms with Gasteiger partial charge in [0, 0.05) is 30.3 Å². The van der Waals surface area contributed by atoms with E-state index in [4.69, 9.17) is 11.1 Å². The van der Waals surface area contributed by atoms with Crippen LogP contribution in [0.3, 0.4) is 0 Å². The summed E-state index contributed by atoms with van der Waals surface area (Å²) in [6, 6.07) is 3.56. The Bertz CT molecular complexity index is 458. The van der Waals surface area contributed by atoms with Crippen LogP contribution >= 0.6 is 0 Å². The molecular formula is C13H20N4O. The zero-order valence-corrected chi connectivity index (χ0v) is 10.8. The first kappa shape index (κ1) is 12.8. The van der Waals surface area contributed by atoms with Crippen molar-refractivity contribution in [2.75, 3.05) is 18.0 Å². The van der Waals surface area contributed by atoms with Crippen LogP contribution < -0.4 is 10.6 Å². The van der Waals surface area contributed by atoms with Crippen molar-refractivity contribution in [1.82, 2.24) is 4.98 Å². The maximum absolute atomic E-state index is 9.94. The van der Waals surface area contributed by atoms with Gasteiger partial charge in [0.2, 0.25) is 0 Å². The fraction of sp³-hybridized carbons (Fsp3) is 0.538. The predicted octanol–water partition coefficient (Wildman–Crippen LogP) is 0.963. The van der Waals surface area contributed by atoms with Gasteiger partial charge in [-0.3, -0.25) is 5.41 Å². The van der Waals surface area contributed by atoms with E-state index in [9.17, 15) is 5.11 Å². The lowest BCUT2D eigenvalue weighted by Gasteiger charge is -2.42. The number of hydrogen-bond donors (Lipinski definition) is 3. The van der Waals surface area contributed by atoms with E-state index in [1.54, 1.807) is 12.3 Å². The number of pyridine rings is 1. The Labute approximate surface area is 107 Å². The molecule has 2 heterocycles. The minimum absolute atomic E-state index is 0.0509. The quantitative estimate of drug-likeness (QED) is 0.537. The summed E-state index contributed by atoms with van der Waals surface area (Å²) in [4.78, 5) is 6.47. The lowest BCUT2D eigenvalue weighted by Crippen LogP contribution is -2.49. The molecule has 4 N–H and O–H groups in total. The molecule has 2 rings (SSSR count). The summed E-state index contributed by atoms with van der Waals surface area (Å²) in [5.74, 6) is 0.873. The van der Waals surface area contributed by atoms with E-state index in [-0.39, 0.29) is 17.4 Å². The molecule has 0 bridgehead atoms. The smallest absolute Gasteiger partial charge is 0.129 e. The van der Waals surface area contributed by atoms with E-state index >= 15 is 0 Å². The monoisotopic (exact) mass is 248 g/mol. The van der Waals surface area contributed by atoms with Crippen molar-refractivity contribution < 1.29 is 5.11 Å². The second-order valence-corrected chi connectivity index (χ2v) is 5.53. The summed E-state index contributed by atoms with van der Waals surface area (Å²) in [7, 11) is 0. The largest absolute Gasteiger partial charge is 0.392 e. The number of nitrogen functional groups attached to an aromatic ring is 1. The van der Waals surface area contributed by atoms with Crippen molar-refractivity contribution in [2.45, 2.75) is 26.4 Å². The van der Waals surface area contributed by atoms with Crippen molar-refractivity contribution in [1.29, 1.82) is 5.41 Å². The molecule has 1 atom stereocenters. The third-order valence-corrected chi connectivity index (χ3v) is 3.55. The molecule has 0 radical (unpaired) electrons. The number of aromatic nitrogens is 1. The molecule has 1 aromatic heterocycles. The van der Waals surface area contributed by atoms with Gasteiger partial charge in [0.15, 0.2) is 0 Å². The average Bonchev–Trinajstić information content (AvgIpc) is 2.33. The topological polar surface area (TPSA) is 86.2 Å². The van der Waals surface area contributed by atoms with Crippen LogP contribution in [0.2, 0.25) is 0 Å². The molecule has 5 heteroatoms. The molecule has 1 aliphatic rings. The van der Waals surface area contributed by atoms with E-state index < -0.39 is 0 Å². The predicted molar refractivity (Wildman–Crippen MR) is 71.9 cm³/mol. The normalized spacial score (nSPS) is 22.8. The van der Waals surface area contributed by atoms with E-state index in [0.717, 1.165) is 25.3 Å². The number of aliphatic hydroxyl groups excluding tert-OH is 1. The van der Waals surface area contributed by atoms with E-state index in [1.807, 2.05) is 6.07 Å². The highest BCUT2D eigenvalue weighted by molar-refractivity contribution is 5.95. The average molecular weight is 248 g/mol. The molecule has 1 fully saturated rings. The Morgan fingerprint density at radius 2 is 2.33 bits per heavy atom. The van der Waals surface area contributed by atoms with Crippen molar-refractivity contribution in [3.05, 3.63) is 23.9 Å². The Kier molecular flexibility index (Phi) is 3.26. The number of hydrogen-bond acceptors (Lipinski definition) is 4. The lowest BCUT2D eigenvalue weighted by molar-refractivity contribution is 0.0334. The highest BCUT2D eigenvalue weighted by Crippen LogP contribution is 2.31. The molecule has 1 aromatic rings. The summed E-state index contributed by atoms with van der Waals surface area (Å²) in [5, 5.41) is 17.4. The maximum Gasteiger partial charge on any atom is 0.129 e. The van der Waals surface area contributed by atoms with Crippen LogP contribution in [0.5, 0.6) is 0 Å². The van der Waals surface area contributed by atoms with Gasteiger partial charge in [-0.15, -0.1) is 0 Å². The molecule has 5 nitrogen and oxygen atoms in total. The summed E-state index contributed by atoms with van der Waals surface area (Å²) in [6.07, 6.45) is 2.13. The van der Waals surface area contributed by atoms with E-state index in [0.29, 0.717) is 5.56 Å². The van der Waals surface area contributed by atoms with Gasteiger partial charge >= 0.3 is 0 Å². The Balaban J connectivity index is 2.22. The fourth-order valence-electron chi connectivity index (χ4n) is 2.30. The van der Waals surface area contributed by atoms with Crippen LogP contribution in [0, 0.1) is 10.8 Å². The van der Waals surface area contributed by atoms with Gasteiger partial charge in [-0.25, -0.2) is 4.98 Å². The first-order chi connectivity index (χ1) is 8.40. The molecule has 0 amide bonds. The molecule has 0 aliphatic carbocycles. The van der Waals surface area contributed by atoms with Crippen molar-refractivity contribution in [3.8, 4) is 0 Å². The Morgan fingerprint density at radius 1 is 1.61 bits per heavy atom. The fourth-order valence-corrected chi connectivity index (χ4v) is 2.30. The Hall–Kier alpha value is -1.62. The van der Waals surface area contributed by atoms with Gasteiger partial charge in [-0.1, -0.05) is 13.8 Å². The maximum atomic E-state index is 9.94. The molecule has 1 saturated heterocycles. The number of nitrogens with two attached hydrogens (primary N) is 1. The highest BCUT2D eigenvalue weighted by atomic mass is 16.3. The summed E-state index contributed by atoms with van der Waals surface area (Å²) >= 11 is 0. The molecular weight excluding hydrogens is 228 g/mol. The SMILES string of the molecule is CC1(C)CN(c2cc(C(=N)N)ccn2)CCC1O. The molecule has 1 unspecified atom stereocenters. The van der Waals surface area contributed by atoms with Crippen LogP contribution in [0.1, 0.15) is 25.8 Å². The summed E-state index contributed by atoms with van der Waals surface area (Å²) < 4.78 is 0. The zero-order chi connectivity index (χ0) is 13.3. The number of piperidine rings is 1. The van der Waals surface area contributed by atoms with Crippen molar-refractivity contribution >= 4 is 11.7 Å². The van der Waals surface area contributed by atoms with Gasteiger partial charge in [0.25, 0.3) is 0 Å². The summed E-state index contributed by atoms with van der Waals surface area (Å²) in [6.45, 7) is 5.64. The minimum Gasteiger partial charge on any atom is -0.392 e. The molecule has 0 aromatic carbocycles. The van der Waals surface area contributed by atoms with Crippen LogP contribution in [-0.2, 0) is 0 Å². The summed E-state index contributed by atoms with van der Waals surface area (Å²) in [5.41, 5.74) is 6.02. The number of rotatable bonds is 2. The molecule has 0 saturated carbocycles. The van der Waals surface area contributed by atoms with Crippen LogP contribution in [0.4, 0.5) is 5.82 Å². The van der Waals surface area contributed by atoms with Gasteiger partial charge in [0.05, 0.1) is 6.10 Å². The number of nitrogens with one attached hydrogen (secondary N) is 1. The number of anilines is 1. The Morgan fingerprint density at radius 3 is 2.94 bits per heavy atom. The minimum atomic E-state index is -0.273. The van der Waals surface area contributed by atoms with Crippen molar-refractivity contribution in [2.24, 2.45) is 11.1 Å². The van der Waals surface area contributed by atoms with Crippen LogP contribution in [0.15, 0.2) is 18.3 Å². The third kappa shape index (κ3) is 2.46. The van der Waals surface area contributed by atoms with E-state index in [2.05, 4.69) is 23.7 Å². The van der Waals surface area contributed by atoms with Gasteiger partial charge < -0.3 is 15.7 Å². The molecule has 0 spiro atoms. The lowest BCUT2D eigenvalue weighted by atomic mass is 9.81. The van der Waals surface area contributed by atoms with Gasteiger partial charge in [0.1, 0.15) is 11.7 Å². The standard InChI is InChI=1S/C13H20N4O/c1-13(2)8-17(6-4-10(13)18)11-7-9(12(14)15)3-5-16-11/h3,5,7,10,18H,4,6,8H2,1-2H3,(H3,14,15). The van der Waals surface area contributed by atoms with Gasteiger partial charge in [-0.2, -0.15) is 0 Å². The zero-order valence-electron chi connectivity index (χ0n) is 10.8. The van der Waals surface area contributed by atoms with Crippen molar-refractivity contribution in [3.63, 3.8) is 0 Å². The first-order valence-corrected chi connectivity index (χ1v) is 6.13. The van der Waals surface area contributed by atoms with E-state index in [1.165, 1.54) is 0 Å². The van der Waals surface area contributed by atoms with Crippen LogP contribution in [0.25, 0.3) is 0 Å².